The minimum Gasteiger partial charge on any atom is -0.369 e. The van der Waals surface area contributed by atoms with Gasteiger partial charge in [-0.05, 0) is 37.1 Å². The minimum absolute atomic E-state index is 0.0644. The maximum atomic E-state index is 12.8. The maximum absolute atomic E-state index is 12.8. The van der Waals surface area contributed by atoms with E-state index in [2.05, 4.69) is 10.6 Å². The van der Waals surface area contributed by atoms with Crippen molar-refractivity contribution in [3.05, 3.63) is 30.1 Å². The van der Waals surface area contributed by atoms with Crippen LogP contribution in [0, 0.1) is 5.82 Å². The molecule has 1 aliphatic heterocycles. The highest BCUT2D eigenvalue weighted by molar-refractivity contribution is 5.89. The lowest BCUT2D eigenvalue weighted by Crippen LogP contribution is -2.47. The summed E-state index contributed by atoms with van der Waals surface area (Å²) in [6.45, 7) is 1.71. The molecule has 1 aliphatic rings. The topological polar surface area (TPSA) is 87.5 Å². The number of nitrogens with two attached hydrogens (primary N) is 1. The summed E-state index contributed by atoms with van der Waals surface area (Å²) in [4.78, 5) is 24.6. The van der Waals surface area contributed by atoms with Crippen molar-refractivity contribution in [1.29, 1.82) is 0 Å². The third-order valence-corrected chi connectivity index (χ3v) is 3.40. The zero-order chi connectivity index (χ0) is 15.2. The van der Waals surface area contributed by atoms with Crippen LogP contribution in [-0.2, 0) is 4.79 Å². The number of hydrogen-bond donors (Lipinski definition) is 3. The summed E-state index contributed by atoms with van der Waals surface area (Å²) in [5, 5.41) is 5.52. The molecule has 0 bridgehead atoms. The number of anilines is 1. The SMILES string of the molecule is NC(=O)CN1CCC(NC(=O)Nc2ccc(F)cc2)CC1. The molecular formula is C14H19FN4O2. The molecule has 21 heavy (non-hydrogen) atoms. The van der Waals surface area contributed by atoms with Gasteiger partial charge in [0, 0.05) is 24.8 Å². The molecule has 0 unspecified atom stereocenters. The van der Waals surface area contributed by atoms with E-state index in [1.54, 1.807) is 0 Å². The van der Waals surface area contributed by atoms with Crippen LogP contribution in [0.5, 0.6) is 0 Å². The summed E-state index contributed by atoms with van der Waals surface area (Å²) in [6.07, 6.45) is 1.54. The molecule has 0 atom stereocenters. The molecule has 4 N–H and O–H groups in total. The van der Waals surface area contributed by atoms with Crippen molar-refractivity contribution in [1.82, 2.24) is 10.2 Å². The van der Waals surface area contributed by atoms with E-state index in [4.69, 9.17) is 5.73 Å². The number of carbonyl (C=O) groups excluding carboxylic acids is 2. The van der Waals surface area contributed by atoms with E-state index >= 15 is 0 Å². The summed E-state index contributed by atoms with van der Waals surface area (Å²) in [5.41, 5.74) is 5.69. The van der Waals surface area contributed by atoms with Crippen molar-refractivity contribution in [2.24, 2.45) is 5.73 Å². The largest absolute Gasteiger partial charge is 0.369 e. The Hall–Kier alpha value is -2.15. The molecule has 0 saturated carbocycles. The van der Waals surface area contributed by atoms with E-state index in [0.717, 1.165) is 25.9 Å². The second-order valence-corrected chi connectivity index (χ2v) is 5.12. The Kier molecular flexibility index (Phi) is 5.10. The second-order valence-electron chi connectivity index (χ2n) is 5.12. The molecule has 0 radical (unpaired) electrons. The monoisotopic (exact) mass is 294 g/mol. The Balaban J connectivity index is 1.74. The number of halogens is 1. The van der Waals surface area contributed by atoms with Crippen LogP contribution in [0.15, 0.2) is 24.3 Å². The summed E-state index contributed by atoms with van der Waals surface area (Å²) in [6, 6.07) is 5.34. The normalized spacial score (nSPS) is 16.4. The first-order valence-electron chi connectivity index (χ1n) is 6.86. The van der Waals surface area contributed by atoms with Gasteiger partial charge >= 0.3 is 6.03 Å². The molecule has 2 rings (SSSR count). The van der Waals surface area contributed by atoms with Gasteiger partial charge in [0.1, 0.15) is 5.82 Å². The fraction of sp³-hybridized carbons (Fsp3) is 0.429. The van der Waals surface area contributed by atoms with Gasteiger partial charge in [0.15, 0.2) is 0 Å². The molecule has 114 valence electrons. The van der Waals surface area contributed by atoms with Crippen molar-refractivity contribution >= 4 is 17.6 Å². The number of nitrogens with zero attached hydrogens (tertiary/aromatic N) is 1. The van der Waals surface area contributed by atoms with Gasteiger partial charge < -0.3 is 16.4 Å². The van der Waals surface area contributed by atoms with E-state index in [0.29, 0.717) is 5.69 Å². The van der Waals surface area contributed by atoms with E-state index in [1.807, 2.05) is 4.90 Å². The van der Waals surface area contributed by atoms with Crippen molar-refractivity contribution in [2.45, 2.75) is 18.9 Å². The predicted octanol–water partition coefficient (Wildman–Crippen LogP) is 0.897. The van der Waals surface area contributed by atoms with Crippen LogP contribution in [0.2, 0.25) is 0 Å². The quantitative estimate of drug-likeness (QED) is 0.771. The van der Waals surface area contributed by atoms with Crippen LogP contribution in [-0.4, -0.2) is 42.5 Å². The molecule has 0 aromatic heterocycles. The highest BCUT2D eigenvalue weighted by Gasteiger charge is 2.21. The fourth-order valence-electron chi connectivity index (χ4n) is 2.34. The summed E-state index contributed by atoms with van der Waals surface area (Å²) < 4.78 is 12.8. The molecule has 1 saturated heterocycles. The number of primary amides is 1. The van der Waals surface area contributed by atoms with Crippen molar-refractivity contribution in [3.8, 4) is 0 Å². The van der Waals surface area contributed by atoms with Gasteiger partial charge in [0.05, 0.1) is 6.54 Å². The number of benzene rings is 1. The number of likely N-dealkylation sites (tertiary alicyclic amines) is 1. The van der Waals surface area contributed by atoms with E-state index < -0.39 is 0 Å². The minimum atomic E-state index is -0.345. The number of piperidine rings is 1. The van der Waals surface area contributed by atoms with E-state index in [1.165, 1.54) is 24.3 Å². The van der Waals surface area contributed by atoms with Gasteiger partial charge in [-0.2, -0.15) is 0 Å². The molecule has 3 amide bonds. The highest BCUT2D eigenvalue weighted by Crippen LogP contribution is 2.11. The average Bonchev–Trinajstić information content (AvgIpc) is 2.43. The number of carbonyl (C=O) groups is 2. The number of rotatable bonds is 4. The Morgan fingerprint density at radius 2 is 1.86 bits per heavy atom. The third-order valence-electron chi connectivity index (χ3n) is 3.40. The first-order chi connectivity index (χ1) is 10.0. The Labute approximate surface area is 122 Å². The number of urea groups is 1. The lowest BCUT2D eigenvalue weighted by molar-refractivity contribution is -0.119. The average molecular weight is 294 g/mol. The van der Waals surface area contributed by atoms with Gasteiger partial charge in [-0.15, -0.1) is 0 Å². The van der Waals surface area contributed by atoms with Crippen molar-refractivity contribution < 1.29 is 14.0 Å². The van der Waals surface area contributed by atoms with Crippen molar-refractivity contribution in [3.63, 3.8) is 0 Å². The molecule has 1 heterocycles. The smallest absolute Gasteiger partial charge is 0.319 e. The fourth-order valence-corrected chi connectivity index (χ4v) is 2.34. The van der Waals surface area contributed by atoms with Gasteiger partial charge in [-0.1, -0.05) is 0 Å². The summed E-state index contributed by atoms with van der Waals surface area (Å²) in [7, 11) is 0. The number of hydrogen-bond acceptors (Lipinski definition) is 3. The second kappa shape index (κ2) is 7.03. The highest BCUT2D eigenvalue weighted by atomic mass is 19.1. The molecule has 6 nitrogen and oxygen atoms in total. The first kappa shape index (κ1) is 15.2. The lowest BCUT2D eigenvalue weighted by atomic mass is 10.1. The van der Waals surface area contributed by atoms with Crippen LogP contribution in [0.1, 0.15) is 12.8 Å². The zero-order valence-electron chi connectivity index (χ0n) is 11.6. The standard InChI is InChI=1S/C14H19FN4O2/c15-10-1-3-11(4-2-10)17-14(21)18-12-5-7-19(8-6-12)9-13(16)20/h1-4,12H,5-9H2,(H2,16,20)(H2,17,18,21). The van der Waals surface area contributed by atoms with Crippen LogP contribution >= 0.6 is 0 Å². The van der Waals surface area contributed by atoms with Crippen LogP contribution in [0.4, 0.5) is 14.9 Å². The first-order valence-corrected chi connectivity index (χ1v) is 6.86. The van der Waals surface area contributed by atoms with Gasteiger partial charge in [0.2, 0.25) is 5.91 Å². The maximum Gasteiger partial charge on any atom is 0.319 e. The predicted molar refractivity (Wildman–Crippen MR) is 77.2 cm³/mol. The molecule has 7 heteroatoms. The summed E-state index contributed by atoms with van der Waals surface area (Å²) in [5.74, 6) is -0.682. The van der Waals surface area contributed by atoms with Crippen LogP contribution < -0.4 is 16.4 Å². The lowest BCUT2D eigenvalue weighted by Gasteiger charge is -2.31. The van der Waals surface area contributed by atoms with Gasteiger partial charge in [-0.3, -0.25) is 9.69 Å². The molecule has 1 aromatic rings. The molecule has 1 aromatic carbocycles. The van der Waals surface area contributed by atoms with E-state index in [9.17, 15) is 14.0 Å². The van der Waals surface area contributed by atoms with Crippen LogP contribution in [0.3, 0.4) is 0 Å². The van der Waals surface area contributed by atoms with Gasteiger partial charge in [-0.25, -0.2) is 9.18 Å². The molecule has 1 fully saturated rings. The van der Waals surface area contributed by atoms with Crippen molar-refractivity contribution in [2.75, 3.05) is 25.0 Å². The van der Waals surface area contributed by atoms with Gasteiger partial charge in [0.25, 0.3) is 0 Å². The summed E-state index contributed by atoms with van der Waals surface area (Å²) >= 11 is 0. The van der Waals surface area contributed by atoms with Crippen LogP contribution in [0.25, 0.3) is 0 Å². The molecule has 0 aliphatic carbocycles. The molecular weight excluding hydrogens is 275 g/mol. The third kappa shape index (κ3) is 5.03. The Morgan fingerprint density at radius 1 is 1.24 bits per heavy atom. The van der Waals surface area contributed by atoms with E-state index in [-0.39, 0.29) is 30.3 Å². The number of amides is 3. The Morgan fingerprint density at radius 3 is 2.43 bits per heavy atom. The Bertz CT molecular complexity index is 498. The zero-order valence-corrected chi connectivity index (χ0v) is 11.6. The number of nitrogens with one attached hydrogen (secondary N) is 2. The molecule has 0 spiro atoms.